The Labute approximate surface area is 114 Å². The van der Waals surface area contributed by atoms with Gasteiger partial charge in [-0.3, -0.25) is 0 Å². The van der Waals surface area contributed by atoms with E-state index in [2.05, 4.69) is 5.32 Å². The van der Waals surface area contributed by atoms with Crippen LogP contribution in [0, 0.1) is 0 Å². The van der Waals surface area contributed by atoms with Crippen molar-refractivity contribution in [3.05, 3.63) is 24.3 Å². The Balaban J connectivity index is 2.89. The number of carbonyl (C=O) groups is 1. The number of rotatable bonds is 5. The highest BCUT2D eigenvalue weighted by molar-refractivity contribution is 6.75. The van der Waals surface area contributed by atoms with Gasteiger partial charge in [-0.1, -0.05) is 12.1 Å². The molecule has 2 amide bonds. The molecule has 0 heterocycles. The summed E-state index contributed by atoms with van der Waals surface area (Å²) in [6, 6.07) is 7.05. The minimum atomic E-state index is -2.80. The maximum absolute atomic E-state index is 11.5. The lowest BCUT2D eigenvalue weighted by Crippen LogP contribution is -2.54. The molecule has 0 saturated carbocycles. The fraction of sp³-hybridized carbons (Fsp3) is 0.417. The largest absolute Gasteiger partial charge is 0.536 e. The van der Waals surface area contributed by atoms with Crippen LogP contribution < -0.4 is 10.5 Å². The van der Waals surface area contributed by atoms with Crippen LogP contribution in [0.15, 0.2) is 24.3 Å². The topological polar surface area (TPSA) is 60.0 Å². The highest BCUT2D eigenvalue weighted by atomic mass is 28.4. The summed E-state index contributed by atoms with van der Waals surface area (Å²) in [6.07, 6.45) is 0. The first-order valence-electron chi connectivity index (χ1n) is 5.73. The molecule has 19 heavy (non-hydrogen) atoms. The lowest BCUT2D eigenvalue weighted by Gasteiger charge is -2.24. The molecule has 0 bridgehead atoms. The summed E-state index contributed by atoms with van der Waals surface area (Å²) < 4.78 is 16.1. The SMILES string of the molecule is CO[Si](OC)(OC)c1ccc(NC(=O)N(C)C)cc1. The zero-order chi connectivity index (χ0) is 14.5. The summed E-state index contributed by atoms with van der Waals surface area (Å²) in [5.74, 6) is 0. The van der Waals surface area contributed by atoms with E-state index in [1.807, 2.05) is 12.1 Å². The van der Waals surface area contributed by atoms with Gasteiger partial charge >= 0.3 is 14.8 Å². The first-order chi connectivity index (χ1) is 8.99. The summed E-state index contributed by atoms with van der Waals surface area (Å²) in [5, 5.41) is 3.59. The molecule has 1 aromatic rings. The van der Waals surface area contributed by atoms with Gasteiger partial charge in [0.25, 0.3) is 0 Å². The van der Waals surface area contributed by atoms with Gasteiger partial charge in [-0.2, -0.15) is 0 Å². The molecule has 1 aromatic carbocycles. The molecule has 1 rings (SSSR count). The van der Waals surface area contributed by atoms with Gasteiger partial charge in [0, 0.05) is 46.3 Å². The summed E-state index contributed by atoms with van der Waals surface area (Å²) in [5.41, 5.74) is 0.702. The van der Waals surface area contributed by atoms with Gasteiger partial charge in [0.05, 0.1) is 0 Å². The maximum Gasteiger partial charge on any atom is 0.536 e. The van der Waals surface area contributed by atoms with Gasteiger partial charge < -0.3 is 23.5 Å². The second kappa shape index (κ2) is 6.67. The maximum atomic E-state index is 11.5. The number of nitrogens with one attached hydrogen (secondary N) is 1. The Morgan fingerprint density at radius 3 is 1.89 bits per heavy atom. The number of hydrogen-bond donors (Lipinski definition) is 1. The molecule has 0 radical (unpaired) electrons. The third kappa shape index (κ3) is 3.54. The number of urea groups is 1. The van der Waals surface area contributed by atoms with E-state index < -0.39 is 8.80 Å². The lowest BCUT2D eigenvalue weighted by molar-refractivity contribution is 0.140. The van der Waals surface area contributed by atoms with E-state index in [1.54, 1.807) is 47.6 Å². The molecule has 0 unspecified atom stereocenters. The van der Waals surface area contributed by atoms with Gasteiger partial charge in [0.2, 0.25) is 0 Å². The molecule has 106 valence electrons. The van der Waals surface area contributed by atoms with Gasteiger partial charge in [-0.15, -0.1) is 0 Å². The highest BCUT2D eigenvalue weighted by Crippen LogP contribution is 2.11. The van der Waals surface area contributed by atoms with Crippen molar-refractivity contribution in [1.82, 2.24) is 4.90 Å². The molecule has 1 N–H and O–H groups in total. The zero-order valence-electron chi connectivity index (χ0n) is 11.9. The minimum absolute atomic E-state index is 0.179. The van der Waals surface area contributed by atoms with Gasteiger partial charge in [-0.05, 0) is 12.1 Å². The van der Waals surface area contributed by atoms with Crippen LogP contribution in [0.25, 0.3) is 0 Å². The van der Waals surface area contributed by atoms with Crippen molar-refractivity contribution in [2.75, 3.05) is 40.7 Å². The smallest absolute Gasteiger partial charge is 0.373 e. The van der Waals surface area contributed by atoms with Crippen molar-refractivity contribution in [2.24, 2.45) is 0 Å². The predicted molar refractivity (Wildman–Crippen MR) is 75.6 cm³/mol. The molecule has 7 heteroatoms. The second-order valence-corrected chi connectivity index (χ2v) is 6.98. The Hall–Kier alpha value is -1.41. The minimum Gasteiger partial charge on any atom is -0.373 e. The molecule has 0 aliphatic heterocycles. The van der Waals surface area contributed by atoms with E-state index in [4.69, 9.17) is 13.3 Å². The van der Waals surface area contributed by atoms with E-state index in [1.165, 1.54) is 4.90 Å². The Kier molecular flexibility index (Phi) is 5.49. The molecule has 0 aliphatic rings. The molecule has 6 nitrogen and oxygen atoms in total. The Morgan fingerprint density at radius 2 is 1.53 bits per heavy atom. The van der Waals surface area contributed by atoms with Crippen LogP contribution in [0.5, 0.6) is 0 Å². The average Bonchev–Trinajstić information content (AvgIpc) is 2.43. The van der Waals surface area contributed by atoms with Crippen molar-refractivity contribution in [3.63, 3.8) is 0 Å². The third-order valence-corrected chi connectivity index (χ3v) is 5.35. The number of amides is 2. The average molecular weight is 284 g/mol. The quantitative estimate of drug-likeness (QED) is 0.815. The predicted octanol–water partition coefficient (Wildman–Crippen LogP) is 0.865. The molecular weight excluding hydrogens is 264 g/mol. The van der Waals surface area contributed by atoms with E-state index in [0.29, 0.717) is 5.69 Å². The normalized spacial score (nSPS) is 11.2. The van der Waals surface area contributed by atoms with Crippen molar-refractivity contribution < 1.29 is 18.1 Å². The summed E-state index contributed by atoms with van der Waals surface area (Å²) in [4.78, 5) is 13.0. The van der Waals surface area contributed by atoms with Crippen LogP contribution in [-0.2, 0) is 13.3 Å². The molecule has 0 fully saturated rings. The second-order valence-electron chi connectivity index (χ2n) is 4.07. The van der Waals surface area contributed by atoms with Crippen LogP contribution in [-0.4, -0.2) is 55.2 Å². The van der Waals surface area contributed by atoms with Crippen LogP contribution >= 0.6 is 0 Å². The summed E-state index contributed by atoms with van der Waals surface area (Å²) in [7, 11) is 5.23. The van der Waals surface area contributed by atoms with E-state index in [-0.39, 0.29) is 6.03 Å². The van der Waals surface area contributed by atoms with Crippen LogP contribution in [0.3, 0.4) is 0 Å². The van der Waals surface area contributed by atoms with E-state index >= 15 is 0 Å². The molecule has 0 spiro atoms. The van der Waals surface area contributed by atoms with E-state index in [0.717, 1.165) is 5.19 Å². The summed E-state index contributed by atoms with van der Waals surface area (Å²) >= 11 is 0. The van der Waals surface area contributed by atoms with Crippen LogP contribution in [0.2, 0.25) is 0 Å². The number of nitrogens with zero attached hydrogens (tertiary/aromatic N) is 1. The number of hydrogen-bond acceptors (Lipinski definition) is 4. The first-order valence-corrected chi connectivity index (χ1v) is 7.46. The van der Waals surface area contributed by atoms with Crippen molar-refractivity contribution in [3.8, 4) is 0 Å². The van der Waals surface area contributed by atoms with Gasteiger partial charge in [-0.25, -0.2) is 4.79 Å². The van der Waals surface area contributed by atoms with Crippen LogP contribution in [0.4, 0.5) is 10.5 Å². The van der Waals surface area contributed by atoms with Crippen molar-refractivity contribution >= 4 is 25.7 Å². The van der Waals surface area contributed by atoms with E-state index in [9.17, 15) is 4.79 Å². The lowest BCUT2D eigenvalue weighted by atomic mass is 10.3. The Morgan fingerprint density at radius 1 is 1.05 bits per heavy atom. The standard InChI is InChI=1S/C12H20N2O4Si/c1-14(2)12(15)13-10-6-8-11(9-7-10)19(16-3,17-4)18-5/h6-9H,1-5H3,(H,13,15). The van der Waals surface area contributed by atoms with Crippen molar-refractivity contribution in [2.45, 2.75) is 0 Å². The summed E-state index contributed by atoms with van der Waals surface area (Å²) in [6.45, 7) is 0. The highest BCUT2D eigenvalue weighted by Gasteiger charge is 2.40. The first kappa shape index (κ1) is 15.6. The third-order valence-electron chi connectivity index (χ3n) is 2.70. The fourth-order valence-electron chi connectivity index (χ4n) is 1.60. The molecule has 0 aromatic heterocycles. The van der Waals surface area contributed by atoms with Crippen LogP contribution in [0.1, 0.15) is 0 Å². The fourth-order valence-corrected chi connectivity index (χ4v) is 3.38. The van der Waals surface area contributed by atoms with Crippen molar-refractivity contribution in [1.29, 1.82) is 0 Å². The molecule has 0 atom stereocenters. The zero-order valence-corrected chi connectivity index (χ0v) is 12.9. The molecular formula is C12H20N2O4Si. The molecule has 0 aliphatic carbocycles. The van der Waals surface area contributed by atoms with Gasteiger partial charge in [0.15, 0.2) is 0 Å². The molecule has 0 saturated heterocycles. The Bertz CT molecular complexity index is 410. The number of carbonyl (C=O) groups excluding carboxylic acids is 1. The number of anilines is 1. The van der Waals surface area contributed by atoms with Gasteiger partial charge in [0.1, 0.15) is 0 Å². The number of benzene rings is 1. The monoisotopic (exact) mass is 284 g/mol.